The lowest BCUT2D eigenvalue weighted by molar-refractivity contribution is 0.0523. The lowest BCUT2D eigenvalue weighted by Crippen LogP contribution is -2.43. The Kier molecular flexibility index (Phi) is 4.54. The van der Waals surface area contributed by atoms with Gasteiger partial charge >= 0.3 is 6.09 Å². The van der Waals surface area contributed by atoms with Crippen LogP contribution < -0.4 is 0 Å². The average molecular weight is 282 g/mol. The molecule has 1 saturated heterocycles. The lowest BCUT2D eigenvalue weighted by Gasteiger charge is -2.30. The van der Waals surface area contributed by atoms with E-state index in [1.54, 1.807) is 0 Å². The highest BCUT2D eigenvalue weighted by molar-refractivity contribution is 5.66. The maximum Gasteiger partial charge on any atom is 0.407 e. The molecule has 2 heterocycles. The SMILES string of the molecule is CCC[C@@H]1CC[C@H](C(O)c2cncc(F)c2)N1C(=O)O. The van der Waals surface area contributed by atoms with Crippen LogP contribution in [0.15, 0.2) is 18.5 Å². The molecule has 5 nitrogen and oxygen atoms in total. The number of carboxylic acid groups (broad SMARTS) is 1. The van der Waals surface area contributed by atoms with Gasteiger partial charge in [0.15, 0.2) is 0 Å². The first-order valence-corrected chi connectivity index (χ1v) is 6.84. The molecular formula is C14H19FN2O3. The van der Waals surface area contributed by atoms with Crippen LogP contribution in [0, 0.1) is 5.82 Å². The van der Waals surface area contributed by atoms with E-state index >= 15 is 0 Å². The molecule has 1 amide bonds. The van der Waals surface area contributed by atoms with E-state index in [0.29, 0.717) is 12.0 Å². The molecule has 3 atom stereocenters. The largest absolute Gasteiger partial charge is 0.465 e. The number of rotatable bonds is 4. The van der Waals surface area contributed by atoms with Crippen LogP contribution in [-0.4, -0.2) is 38.3 Å². The van der Waals surface area contributed by atoms with Gasteiger partial charge in [0, 0.05) is 17.8 Å². The third-order valence-electron chi connectivity index (χ3n) is 3.82. The van der Waals surface area contributed by atoms with E-state index < -0.39 is 24.1 Å². The number of nitrogens with zero attached hydrogens (tertiary/aromatic N) is 2. The molecule has 1 fully saturated rings. The Morgan fingerprint density at radius 2 is 2.30 bits per heavy atom. The van der Waals surface area contributed by atoms with Crippen LogP contribution in [0.1, 0.15) is 44.3 Å². The van der Waals surface area contributed by atoms with E-state index in [-0.39, 0.29) is 6.04 Å². The zero-order valence-corrected chi connectivity index (χ0v) is 11.4. The molecular weight excluding hydrogens is 263 g/mol. The fourth-order valence-electron chi connectivity index (χ4n) is 2.95. The van der Waals surface area contributed by atoms with Crippen molar-refractivity contribution in [1.82, 2.24) is 9.88 Å². The summed E-state index contributed by atoms with van der Waals surface area (Å²) in [5, 5.41) is 19.7. The van der Waals surface area contributed by atoms with Crippen molar-refractivity contribution in [3.8, 4) is 0 Å². The van der Waals surface area contributed by atoms with Crippen LogP contribution in [0.5, 0.6) is 0 Å². The molecule has 1 aliphatic heterocycles. The van der Waals surface area contributed by atoms with Crippen molar-refractivity contribution in [3.63, 3.8) is 0 Å². The molecule has 0 saturated carbocycles. The van der Waals surface area contributed by atoms with E-state index in [9.17, 15) is 19.4 Å². The van der Waals surface area contributed by atoms with Crippen molar-refractivity contribution < 1.29 is 19.4 Å². The number of carbonyl (C=O) groups is 1. The van der Waals surface area contributed by atoms with E-state index in [4.69, 9.17) is 0 Å². The second-order valence-electron chi connectivity index (χ2n) is 5.16. The van der Waals surface area contributed by atoms with E-state index in [2.05, 4.69) is 4.98 Å². The van der Waals surface area contributed by atoms with Crippen molar-refractivity contribution in [1.29, 1.82) is 0 Å². The monoisotopic (exact) mass is 282 g/mol. The summed E-state index contributed by atoms with van der Waals surface area (Å²) in [6, 6.07) is 0.594. The Morgan fingerprint density at radius 3 is 2.90 bits per heavy atom. The number of aliphatic hydroxyl groups excluding tert-OH is 1. The summed E-state index contributed by atoms with van der Waals surface area (Å²) in [6.45, 7) is 2.00. The zero-order chi connectivity index (χ0) is 14.7. The Hall–Kier alpha value is -1.69. The molecule has 6 heteroatoms. The van der Waals surface area contributed by atoms with E-state index in [0.717, 1.165) is 25.5 Å². The van der Waals surface area contributed by atoms with Gasteiger partial charge in [-0.05, 0) is 25.3 Å². The number of halogens is 1. The Labute approximate surface area is 117 Å². The van der Waals surface area contributed by atoms with Gasteiger partial charge in [0.05, 0.1) is 12.2 Å². The number of hydrogen-bond acceptors (Lipinski definition) is 3. The molecule has 2 N–H and O–H groups in total. The third-order valence-corrected chi connectivity index (χ3v) is 3.82. The van der Waals surface area contributed by atoms with Crippen molar-refractivity contribution >= 4 is 6.09 Å². The predicted octanol–water partition coefficient (Wildman–Crippen LogP) is 2.57. The maximum atomic E-state index is 13.2. The normalized spacial score (nSPS) is 23.9. The molecule has 1 aromatic rings. The van der Waals surface area contributed by atoms with Crippen molar-refractivity contribution in [2.24, 2.45) is 0 Å². The molecule has 0 bridgehead atoms. The van der Waals surface area contributed by atoms with Crippen LogP contribution in [0.25, 0.3) is 0 Å². The van der Waals surface area contributed by atoms with Gasteiger partial charge in [-0.1, -0.05) is 13.3 Å². The number of pyridine rings is 1. The van der Waals surface area contributed by atoms with Crippen LogP contribution in [0.2, 0.25) is 0 Å². The van der Waals surface area contributed by atoms with Crippen LogP contribution >= 0.6 is 0 Å². The molecule has 20 heavy (non-hydrogen) atoms. The fourth-order valence-corrected chi connectivity index (χ4v) is 2.95. The van der Waals surface area contributed by atoms with Crippen LogP contribution in [0.3, 0.4) is 0 Å². The highest BCUT2D eigenvalue weighted by Gasteiger charge is 2.40. The summed E-state index contributed by atoms with van der Waals surface area (Å²) in [5.74, 6) is -0.536. The number of hydrogen-bond donors (Lipinski definition) is 2. The second kappa shape index (κ2) is 6.17. The first-order valence-electron chi connectivity index (χ1n) is 6.84. The quantitative estimate of drug-likeness (QED) is 0.890. The van der Waals surface area contributed by atoms with Crippen LogP contribution in [0.4, 0.5) is 9.18 Å². The van der Waals surface area contributed by atoms with Gasteiger partial charge in [0.2, 0.25) is 0 Å². The Balaban J connectivity index is 2.20. The first-order chi connectivity index (χ1) is 9.54. The average Bonchev–Trinajstić information content (AvgIpc) is 2.82. The summed E-state index contributed by atoms with van der Waals surface area (Å²) < 4.78 is 13.2. The summed E-state index contributed by atoms with van der Waals surface area (Å²) in [7, 11) is 0. The smallest absolute Gasteiger partial charge is 0.407 e. The number of amides is 1. The summed E-state index contributed by atoms with van der Waals surface area (Å²) in [5.41, 5.74) is 0.318. The van der Waals surface area contributed by atoms with Gasteiger partial charge in [0.1, 0.15) is 11.9 Å². The summed E-state index contributed by atoms with van der Waals surface area (Å²) in [6.07, 6.45) is 3.32. The maximum absolute atomic E-state index is 13.2. The molecule has 0 radical (unpaired) electrons. The zero-order valence-electron chi connectivity index (χ0n) is 11.4. The van der Waals surface area contributed by atoms with Gasteiger partial charge in [-0.25, -0.2) is 9.18 Å². The molecule has 1 aliphatic rings. The van der Waals surface area contributed by atoms with E-state index in [1.165, 1.54) is 17.2 Å². The second-order valence-corrected chi connectivity index (χ2v) is 5.16. The van der Waals surface area contributed by atoms with Crippen molar-refractivity contribution in [2.75, 3.05) is 0 Å². The van der Waals surface area contributed by atoms with Gasteiger partial charge < -0.3 is 10.2 Å². The van der Waals surface area contributed by atoms with Crippen molar-refractivity contribution in [3.05, 3.63) is 29.8 Å². The first kappa shape index (κ1) is 14.7. The molecule has 0 aromatic carbocycles. The molecule has 0 aliphatic carbocycles. The van der Waals surface area contributed by atoms with Gasteiger partial charge in [-0.2, -0.15) is 0 Å². The number of aliphatic hydroxyl groups is 1. The molecule has 110 valence electrons. The Bertz CT molecular complexity index is 483. The third kappa shape index (κ3) is 2.90. The standard InChI is InChI=1S/C14H19FN2O3/c1-2-3-11-4-5-12(17(11)14(19)20)13(18)9-6-10(15)8-16-7-9/h6-8,11-13,18H,2-5H2,1H3,(H,19,20)/t11-,12-,13?/m1/s1. The minimum absolute atomic E-state index is 0.0707. The Morgan fingerprint density at radius 1 is 1.55 bits per heavy atom. The fraction of sp³-hybridized carbons (Fsp3) is 0.571. The highest BCUT2D eigenvalue weighted by atomic mass is 19.1. The highest BCUT2D eigenvalue weighted by Crippen LogP contribution is 2.34. The van der Waals surface area contributed by atoms with Crippen LogP contribution in [-0.2, 0) is 0 Å². The lowest BCUT2D eigenvalue weighted by atomic mass is 10.0. The molecule has 1 aromatic heterocycles. The number of aromatic nitrogens is 1. The summed E-state index contributed by atoms with van der Waals surface area (Å²) >= 11 is 0. The molecule has 1 unspecified atom stereocenters. The van der Waals surface area contributed by atoms with Gasteiger partial charge in [-0.3, -0.25) is 9.88 Å². The van der Waals surface area contributed by atoms with Gasteiger partial charge in [-0.15, -0.1) is 0 Å². The minimum atomic E-state index is -1.05. The minimum Gasteiger partial charge on any atom is -0.465 e. The number of likely N-dealkylation sites (tertiary alicyclic amines) is 1. The van der Waals surface area contributed by atoms with E-state index in [1.807, 2.05) is 6.92 Å². The summed E-state index contributed by atoms with van der Waals surface area (Å²) in [4.78, 5) is 16.4. The van der Waals surface area contributed by atoms with Crippen molar-refractivity contribution in [2.45, 2.75) is 50.8 Å². The molecule has 2 rings (SSSR count). The predicted molar refractivity (Wildman–Crippen MR) is 70.7 cm³/mol. The van der Waals surface area contributed by atoms with Gasteiger partial charge in [0.25, 0.3) is 0 Å². The topological polar surface area (TPSA) is 73.7 Å². The molecule has 0 spiro atoms.